The lowest BCUT2D eigenvalue weighted by molar-refractivity contribution is 0.205. The van der Waals surface area contributed by atoms with Gasteiger partial charge in [0.1, 0.15) is 6.17 Å². The van der Waals surface area contributed by atoms with E-state index < -0.39 is 0 Å². The quantitative estimate of drug-likeness (QED) is 0.682. The van der Waals surface area contributed by atoms with Gasteiger partial charge in [-0.3, -0.25) is 25.1 Å². The lowest BCUT2D eigenvalue weighted by Crippen LogP contribution is -2.51. The molecule has 0 aromatic carbocycles. The van der Waals surface area contributed by atoms with Crippen molar-refractivity contribution in [2.45, 2.75) is 67.1 Å². The summed E-state index contributed by atoms with van der Waals surface area (Å²) in [5.74, 6) is 1.05. The number of rotatable bonds is 5. The van der Waals surface area contributed by atoms with Gasteiger partial charge in [0.05, 0.1) is 0 Å². The molecule has 0 spiro atoms. The van der Waals surface area contributed by atoms with Gasteiger partial charge in [0.2, 0.25) is 0 Å². The molecule has 2 aliphatic heterocycles. The van der Waals surface area contributed by atoms with Crippen LogP contribution in [0.4, 0.5) is 0 Å². The van der Waals surface area contributed by atoms with Gasteiger partial charge in [-0.25, -0.2) is 9.66 Å². The number of hydrogen-bond donors (Lipinski definition) is 1. The van der Waals surface area contributed by atoms with E-state index in [1.807, 2.05) is 45.5 Å². The second-order valence-electron chi connectivity index (χ2n) is 8.25. The summed E-state index contributed by atoms with van der Waals surface area (Å²) in [5, 5.41) is 0. The maximum atomic E-state index is 12.3. The molecule has 2 aromatic rings. The van der Waals surface area contributed by atoms with E-state index in [0.29, 0.717) is 11.7 Å². The fourth-order valence-electron chi connectivity index (χ4n) is 4.22. The smallest absolute Gasteiger partial charge is 0.272 e. The maximum Gasteiger partial charge on any atom is 0.272 e. The third-order valence-corrected chi connectivity index (χ3v) is 6.19. The van der Waals surface area contributed by atoms with Gasteiger partial charge in [0, 0.05) is 56.1 Å². The van der Waals surface area contributed by atoms with Crippen LogP contribution in [0.3, 0.4) is 0 Å². The van der Waals surface area contributed by atoms with Gasteiger partial charge in [-0.1, -0.05) is 27.7 Å². The van der Waals surface area contributed by atoms with Gasteiger partial charge >= 0.3 is 0 Å². The monoisotopic (exact) mass is 448 g/mol. The van der Waals surface area contributed by atoms with Crippen LogP contribution in [0.25, 0.3) is 11.6 Å². The Bertz CT molecular complexity index is 1110. The zero-order chi connectivity index (χ0) is 24.0. The number of fused-ring (bicyclic) bond motifs is 2. The zero-order valence-electron chi connectivity index (χ0n) is 20.7. The summed E-state index contributed by atoms with van der Waals surface area (Å²) < 4.78 is 1.54. The molecule has 176 valence electrons. The van der Waals surface area contributed by atoms with Crippen LogP contribution in [0.15, 0.2) is 46.1 Å². The van der Waals surface area contributed by atoms with Crippen molar-refractivity contribution in [2.24, 2.45) is 10.9 Å². The molecule has 2 atom stereocenters. The molecule has 33 heavy (non-hydrogen) atoms. The number of hydrogen-bond acceptors (Lipinski definition) is 6. The van der Waals surface area contributed by atoms with Crippen LogP contribution in [0.5, 0.6) is 0 Å². The molecule has 0 bridgehead atoms. The lowest BCUT2D eigenvalue weighted by Gasteiger charge is -2.38. The minimum absolute atomic E-state index is 0.0551. The first kappa shape index (κ1) is 24.6. The van der Waals surface area contributed by atoms with Gasteiger partial charge in [-0.2, -0.15) is 0 Å². The summed E-state index contributed by atoms with van der Waals surface area (Å²) in [6.45, 7) is 14.1. The highest BCUT2D eigenvalue weighted by Crippen LogP contribution is 2.30. The van der Waals surface area contributed by atoms with Crippen LogP contribution in [0, 0.1) is 5.92 Å². The van der Waals surface area contributed by atoms with Crippen LogP contribution >= 0.6 is 0 Å². The van der Waals surface area contributed by atoms with Crippen molar-refractivity contribution in [2.75, 3.05) is 12.0 Å². The average molecular weight is 449 g/mol. The molecule has 4 heterocycles. The number of nitrogens with zero attached hydrogens (tertiary/aromatic N) is 5. The van der Waals surface area contributed by atoms with E-state index in [1.54, 1.807) is 6.20 Å². The first-order valence-corrected chi connectivity index (χ1v) is 11.9. The largest absolute Gasteiger partial charge is 0.300 e. The third-order valence-electron chi connectivity index (χ3n) is 6.19. The zero-order valence-corrected chi connectivity index (χ0v) is 20.7. The number of nitrogens with one attached hydrogen (secondary N) is 1. The second-order valence-corrected chi connectivity index (χ2v) is 8.25. The molecule has 7 nitrogen and oxygen atoms in total. The van der Waals surface area contributed by atoms with Crippen molar-refractivity contribution in [3.8, 4) is 0 Å². The Labute approximate surface area is 197 Å². The Morgan fingerprint density at radius 1 is 1.36 bits per heavy atom. The summed E-state index contributed by atoms with van der Waals surface area (Å²) in [7, 11) is 0. The first-order valence-electron chi connectivity index (χ1n) is 11.9. The normalized spacial score (nSPS) is 19.0. The van der Waals surface area contributed by atoms with E-state index in [1.165, 1.54) is 21.9 Å². The SMILES string of the molecule is CC.CC=N/C=C(/c1cnc2c(c1)CN(C1Nn3c(nccc3=O)C=C1C)CC2)C(C)CC. The molecule has 0 aliphatic carbocycles. The summed E-state index contributed by atoms with van der Waals surface area (Å²) >= 11 is 0. The molecule has 2 aromatic heterocycles. The molecule has 7 heteroatoms. The first-order chi connectivity index (χ1) is 16.0. The summed E-state index contributed by atoms with van der Waals surface area (Å²) in [6.07, 6.45) is 11.2. The molecule has 0 amide bonds. The Kier molecular flexibility index (Phi) is 8.33. The highest BCUT2D eigenvalue weighted by molar-refractivity contribution is 5.69. The molecule has 2 aliphatic rings. The minimum Gasteiger partial charge on any atom is -0.300 e. The standard InChI is InChI=1S/C24H30N6O.C2H6/c1-5-16(3)20(14-25-6-2)18-12-19-15-29(10-8-21(19)27-13-18)24-17(4)11-22-26-9-7-23(31)30(22)28-24;1-2/h6-7,9,11-14,16,24,28H,5,8,10,15H2,1-4H3;1-2H3/b20-14+,25-6?;. The molecule has 2 unspecified atom stereocenters. The van der Waals surface area contributed by atoms with Crippen LogP contribution in [0.2, 0.25) is 0 Å². The van der Waals surface area contributed by atoms with E-state index in [-0.39, 0.29) is 11.7 Å². The van der Waals surface area contributed by atoms with E-state index in [9.17, 15) is 4.79 Å². The van der Waals surface area contributed by atoms with Crippen molar-refractivity contribution in [3.63, 3.8) is 0 Å². The van der Waals surface area contributed by atoms with Crippen LogP contribution in [-0.4, -0.2) is 38.5 Å². The van der Waals surface area contributed by atoms with Gasteiger partial charge in [0.15, 0.2) is 5.82 Å². The molecular formula is C26H36N6O. The van der Waals surface area contributed by atoms with Crippen molar-refractivity contribution in [3.05, 3.63) is 69.3 Å². The van der Waals surface area contributed by atoms with Crippen LogP contribution < -0.4 is 11.0 Å². The van der Waals surface area contributed by atoms with E-state index in [0.717, 1.165) is 42.8 Å². The molecule has 0 radical (unpaired) electrons. The second kappa shape index (κ2) is 11.2. The van der Waals surface area contributed by atoms with E-state index in [4.69, 9.17) is 4.98 Å². The van der Waals surface area contributed by atoms with Crippen molar-refractivity contribution in [1.82, 2.24) is 19.5 Å². The summed E-state index contributed by atoms with van der Waals surface area (Å²) in [5.41, 5.74) is 9.14. The van der Waals surface area contributed by atoms with E-state index in [2.05, 4.69) is 47.1 Å². The van der Waals surface area contributed by atoms with E-state index >= 15 is 0 Å². The van der Waals surface area contributed by atoms with Gasteiger partial charge < -0.3 is 0 Å². The molecule has 1 N–H and O–H groups in total. The Balaban J connectivity index is 0.00000149. The fraction of sp³-hybridized carbons (Fsp3) is 0.462. The predicted molar refractivity (Wildman–Crippen MR) is 137 cm³/mol. The molecule has 0 saturated carbocycles. The van der Waals surface area contributed by atoms with Gasteiger partial charge in [-0.05, 0) is 60.6 Å². The van der Waals surface area contributed by atoms with Crippen LogP contribution in [-0.2, 0) is 13.0 Å². The molecule has 0 saturated heterocycles. The van der Waals surface area contributed by atoms with Crippen molar-refractivity contribution >= 4 is 17.9 Å². The topological polar surface area (TPSA) is 75.4 Å². The number of allylic oxidation sites excluding steroid dienone is 1. The van der Waals surface area contributed by atoms with Crippen molar-refractivity contribution < 1.29 is 0 Å². The lowest BCUT2D eigenvalue weighted by atomic mass is 9.91. The number of aliphatic imine (C=N–C) groups is 1. The summed E-state index contributed by atoms with van der Waals surface area (Å²) in [4.78, 5) is 28.1. The summed E-state index contributed by atoms with van der Waals surface area (Å²) in [6, 6.07) is 3.74. The maximum absolute atomic E-state index is 12.3. The Morgan fingerprint density at radius 3 is 2.88 bits per heavy atom. The molecule has 0 fully saturated rings. The molecular weight excluding hydrogens is 412 g/mol. The number of aromatic nitrogens is 3. The minimum atomic E-state index is -0.0973. The van der Waals surface area contributed by atoms with Crippen molar-refractivity contribution in [1.29, 1.82) is 0 Å². The predicted octanol–water partition coefficient (Wildman–Crippen LogP) is 4.49. The highest BCUT2D eigenvalue weighted by atomic mass is 16.1. The van der Waals surface area contributed by atoms with Gasteiger partial charge in [-0.15, -0.1) is 0 Å². The third kappa shape index (κ3) is 5.30. The van der Waals surface area contributed by atoms with Crippen LogP contribution in [0.1, 0.15) is 70.6 Å². The average Bonchev–Trinajstić information content (AvgIpc) is 2.84. The Morgan fingerprint density at radius 2 is 2.15 bits per heavy atom. The van der Waals surface area contributed by atoms with Gasteiger partial charge in [0.25, 0.3) is 5.56 Å². The number of pyridine rings is 1. The Hall–Kier alpha value is -3.06. The highest BCUT2D eigenvalue weighted by Gasteiger charge is 2.29. The fourth-order valence-corrected chi connectivity index (χ4v) is 4.22. The molecule has 4 rings (SSSR count).